The molecule has 0 spiro atoms. The Kier molecular flexibility index (Phi) is 5.72. The zero-order valence-electron chi connectivity index (χ0n) is 13.2. The van der Waals surface area contributed by atoms with E-state index in [9.17, 15) is 4.79 Å². The Bertz CT molecular complexity index is 466. The number of thiazole rings is 1. The maximum absolute atomic E-state index is 12.5. The lowest BCUT2D eigenvalue weighted by atomic mass is 9.94. The Labute approximate surface area is 131 Å². The molecule has 1 aromatic heterocycles. The summed E-state index contributed by atoms with van der Waals surface area (Å²) in [6, 6.07) is 0. The Morgan fingerprint density at radius 3 is 2.52 bits per heavy atom. The van der Waals surface area contributed by atoms with Crippen LogP contribution >= 0.6 is 11.3 Å². The van der Waals surface area contributed by atoms with Crippen LogP contribution in [0.1, 0.15) is 24.5 Å². The van der Waals surface area contributed by atoms with Crippen LogP contribution in [0.25, 0.3) is 0 Å². The van der Waals surface area contributed by atoms with E-state index in [-0.39, 0.29) is 11.8 Å². The number of aromatic nitrogens is 1. The van der Waals surface area contributed by atoms with Crippen molar-refractivity contribution in [3.63, 3.8) is 0 Å². The Morgan fingerprint density at radius 1 is 1.38 bits per heavy atom. The van der Waals surface area contributed by atoms with Gasteiger partial charge in [-0.05, 0) is 12.8 Å². The highest BCUT2D eigenvalue weighted by molar-refractivity contribution is 7.09. The van der Waals surface area contributed by atoms with Crippen molar-refractivity contribution in [2.75, 3.05) is 32.7 Å². The molecular formula is C15H26N4OS. The fourth-order valence-corrected chi connectivity index (χ4v) is 3.33. The molecule has 5 nitrogen and oxygen atoms in total. The first-order valence-corrected chi connectivity index (χ1v) is 8.51. The number of hydrogen-bond acceptors (Lipinski definition) is 5. The average Bonchev–Trinajstić information content (AvgIpc) is 2.85. The van der Waals surface area contributed by atoms with Crippen LogP contribution < -0.4 is 5.73 Å². The maximum Gasteiger partial charge on any atom is 0.227 e. The second kappa shape index (κ2) is 7.33. The fraction of sp³-hybridized carbons (Fsp3) is 0.733. The van der Waals surface area contributed by atoms with Crippen LogP contribution in [0.3, 0.4) is 0 Å². The minimum atomic E-state index is -0.0438. The van der Waals surface area contributed by atoms with E-state index in [1.165, 1.54) is 0 Å². The van der Waals surface area contributed by atoms with Crippen molar-refractivity contribution >= 4 is 17.2 Å². The Hall–Kier alpha value is -0.980. The summed E-state index contributed by atoms with van der Waals surface area (Å²) in [5.74, 6) is 0.480. The number of piperazine rings is 1. The summed E-state index contributed by atoms with van der Waals surface area (Å²) in [5, 5.41) is 3.23. The van der Waals surface area contributed by atoms with Crippen molar-refractivity contribution in [1.29, 1.82) is 0 Å². The molecule has 0 aliphatic carbocycles. The summed E-state index contributed by atoms with van der Waals surface area (Å²) in [6.07, 6.45) is 0. The number of rotatable bonds is 5. The van der Waals surface area contributed by atoms with E-state index in [1.807, 2.05) is 11.8 Å². The van der Waals surface area contributed by atoms with Gasteiger partial charge in [-0.1, -0.05) is 13.8 Å². The second-order valence-electron chi connectivity index (χ2n) is 6.05. The molecule has 1 aromatic rings. The van der Waals surface area contributed by atoms with Crippen molar-refractivity contribution in [1.82, 2.24) is 14.8 Å². The number of hydrogen-bond donors (Lipinski definition) is 1. The summed E-state index contributed by atoms with van der Waals surface area (Å²) in [5.41, 5.74) is 6.89. The van der Waals surface area contributed by atoms with Crippen LogP contribution in [0.2, 0.25) is 0 Å². The summed E-state index contributed by atoms with van der Waals surface area (Å²) < 4.78 is 0. The van der Waals surface area contributed by atoms with E-state index < -0.39 is 0 Å². The largest absolute Gasteiger partial charge is 0.340 e. The van der Waals surface area contributed by atoms with E-state index >= 15 is 0 Å². The third-order valence-corrected chi connectivity index (χ3v) is 4.93. The maximum atomic E-state index is 12.5. The molecule has 1 aliphatic rings. The predicted molar refractivity (Wildman–Crippen MR) is 86.1 cm³/mol. The number of carbonyl (C=O) groups excluding carboxylic acids is 1. The molecule has 1 saturated heterocycles. The van der Waals surface area contributed by atoms with Crippen molar-refractivity contribution in [3.05, 3.63) is 16.1 Å². The first-order valence-electron chi connectivity index (χ1n) is 7.63. The van der Waals surface area contributed by atoms with Crippen molar-refractivity contribution in [2.24, 2.45) is 17.6 Å². The minimum Gasteiger partial charge on any atom is -0.340 e. The van der Waals surface area contributed by atoms with Gasteiger partial charge in [0.25, 0.3) is 0 Å². The van der Waals surface area contributed by atoms with Crippen molar-refractivity contribution in [3.8, 4) is 0 Å². The van der Waals surface area contributed by atoms with Gasteiger partial charge >= 0.3 is 0 Å². The van der Waals surface area contributed by atoms with Gasteiger partial charge in [0.15, 0.2) is 0 Å². The highest BCUT2D eigenvalue weighted by Crippen LogP contribution is 2.16. The number of carbonyl (C=O) groups is 1. The van der Waals surface area contributed by atoms with E-state index in [0.717, 1.165) is 43.4 Å². The summed E-state index contributed by atoms with van der Waals surface area (Å²) in [4.78, 5) is 21.3. The van der Waals surface area contributed by atoms with Crippen molar-refractivity contribution in [2.45, 2.75) is 27.3 Å². The normalized spacial score (nSPS) is 18.2. The molecule has 118 valence electrons. The molecule has 6 heteroatoms. The monoisotopic (exact) mass is 310 g/mol. The summed E-state index contributed by atoms with van der Waals surface area (Å²) in [7, 11) is 0. The van der Waals surface area contributed by atoms with Gasteiger partial charge in [-0.3, -0.25) is 9.69 Å². The average molecular weight is 310 g/mol. The molecule has 1 atom stereocenters. The minimum absolute atomic E-state index is 0.0438. The third-order valence-electron chi connectivity index (χ3n) is 4.11. The second-order valence-corrected chi connectivity index (χ2v) is 7.11. The highest BCUT2D eigenvalue weighted by atomic mass is 32.1. The van der Waals surface area contributed by atoms with Gasteiger partial charge in [0.05, 0.1) is 16.6 Å². The Morgan fingerprint density at radius 2 is 2.05 bits per heavy atom. The molecule has 1 unspecified atom stereocenters. The summed E-state index contributed by atoms with van der Waals surface area (Å²) >= 11 is 1.69. The van der Waals surface area contributed by atoms with Gasteiger partial charge in [-0.15, -0.1) is 11.3 Å². The lowest BCUT2D eigenvalue weighted by molar-refractivity contribution is -0.138. The SMILES string of the molecule is Cc1nc(CN2CCN(C(=O)C(CN)C(C)C)CC2)cs1. The van der Waals surface area contributed by atoms with Crippen LogP contribution in [0.15, 0.2) is 5.38 Å². The van der Waals surface area contributed by atoms with E-state index in [2.05, 4.69) is 29.1 Å². The third kappa shape index (κ3) is 4.25. The predicted octanol–water partition coefficient (Wildman–Crippen LogP) is 1.33. The zero-order chi connectivity index (χ0) is 15.4. The zero-order valence-corrected chi connectivity index (χ0v) is 14.0. The fourth-order valence-electron chi connectivity index (χ4n) is 2.73. The molecule has 1 amide bonds. The van der Waals surface area contributed by atoms with Crippen LogP contribution in [-0.2, 0) is 11.3 Å². The lowest BCUT2D eigenvalue weighted by Gasteiger charge is -2.36. The lowest BCUT2D eigenvalue weighted by Crippen LogP contribution is -2.51. The van der Waals surface area contributed by atoms with Gasteiger partial charge in [0.1, 0.15) is 0 Å². The first kappa shape index (κ1) is 16.4. The molecular weight excluding hydrogens is 284 g/mol. The summed E-state index contributed by atoms with van der Waals surface area (Å²) in [6.45, 7) is 10.9. The van der Waals surface area contributed by atoms with Crippen LogP contribution in [0, 0.1) is 18.8 Å². The molecule has 1 fully saturated rings. The highest BCUT2D eigenvalue weighted by Gasteiger charge is 2.28. The molecule has 0 bridgehead atoms. The molecule has 0 radical (unpaired) electrons. The van der Waals surface area contributed by atoms with Crippen molar-refractivity contribution < 1.29 is 4.79 Å². The van der Waals surface area contributed by atoms with Crippen LogP contribution in [-0.4, -0.2) is 53.4 Å². The molecule has 2 heterocycles. The smallest absolute Gasteiger partial charge is 0.227 e. The Balaban J connectivity index is 1.84. The van der Waals surface area contributed by atoms with Gasteiger partial charge in [-0.25, -0.2) is 4.98 Å². The standard InChI is InChI=1S/C15H26N4OS/c1-11(2)14(8-16)15(20)19-6-4-18(5-7-19)9-13-10-21-12(3)17-13/h10-11,14H,4-9,16H2,1-3H3. The van der Waals surface area contributed by atoms with E-state index in [4.69, 9.17) is 5.73 Å². The molecule has 0 saturated carbocycles. The topological polar surface area (TPSA) is 62.5 Å². The molecule has 2 N–H and O–H groups in total. The van der Waals surface area contributed by atoms with Gasteiger partial charge in [0, 0.05) is 44.6 Å². The van der Waals surface area contributed by atoms with E-state index in [1.54, 1.807) is 11.3 Å². The number of nitrogens with two attached hydrogens (primary N) is 1. The van der Waals surface area contributed by atoms with Gasteiger partial charge in [-0.2, -0.15) is 0 Å². The quantitative estimate of drug-likeness (QED) is 0.891. The number of amides is 1. The number of aryl methyl sites for hydroxylation is 1. The van der Waals surface area contributed by atoms with Crippen LogP contribution in [0.4, 0.5) is 0 Å². The van der Waals surface area contributed by atoms with Crippen LogP contribution in [0.5, 0.6) is 0 Å². The molecule has 1 aliphatic heterocycles. The molecule has 0 aromatic carbocycles. The first-order chi connectivity index (χ1) is 10.0. The molecule has 21 heavy (non-hydrogen) atoms. The van der Waals surface area contributed by atoms with Gasteiger partial charge in [0.2, 0.25) is 5.91 Å². The van der Waals surface area contributed by atoms with E-state index in [0.29, 0.717) is 12.5 Å². The number of nitrogens with zero attached hydrogens (tertiary/aromatic N) is 3. The van der Waals surface area contributed by atoms with Gasteiger partial charge < -0.3 is 10.6 Å². The molecule has 2 rings (SSSR count).